The molecule has 0 fully saturated rings. The average molecular weight is 350 g/mol. The van der Waals surface area contributed by atoms with Crippen molar-refractivity contribution in [2.24, 2.45) is 0 Å². The molecular weight excluding hydrogens is 341 g/mol. The molecule has 0 aromatic heterocycles. The molecule has 0 spiro atoms. The molecular formula is C12H9Au. The van der Waals surface area contributed by atoms with Gasteiger partial charge in [0.15, 0.2) is 0 Å². The molecule has 2 aromatic rings. The predicted molar refractivity (Wildman–Crippen MR) is 50.7 cm³/mol. The Hall–Kier alpha value is -0.820. The van der Waals surface area contributed by atoms with Gasteiger partial charge in [-0.3, -0.25) is 0 Å². The van der Waals surface area contributed by atoms with E-state index in [4.69, 9.17) is 0 Å². The minimum atomic E-state index is 0. The minimum absolute atomic E-state index is 0. The molecule has 0 N–H and O–H groups in total. The van der Waals surface area contributed by atoms with Crippen molar-refractivity contribution in [2.45, 2.75) is 0 Å². The summed E-state index contributed by atoms with van der Waals surface area (Å²) in [6, 6.07) is 21.5. The van der Waals surface area contributed by atoms with Gasteiger partial charge in [0.05, 0.1) is 0 Å². The largest absolute Gasteiger partial charge is 1.00 e. The Bertz CT molecular complexity index is 303. The third-order valence-corrected chi connectivity index (χ3v) is 1.79. The van der Waals surface area contributed by atoms with Crippen LogP contribution in [0.1, 0.15) is 0 Å². The third-order valence-electron chi connectivity index (χ3n) is 1.79. The Labute approximate surface area is 94.1 Å². The molecule has 0 aliphatic heterocycles. The molecule has 0 heterocycles. The molecule has 13 heavy (non-hydrogen) atoms. The van der Waals surface area contributed by atoms with Crippen LogP contribution < -0.4 is 0 Å². The fourth-order valence-electron chi connectivity index (χ4n) is 1.19. The van der Waals surface area contributed by atoms with Crippen LogP contribution in [0.4, 0.5) is 0 Å². The van der Waals surface area contributed by atoms with Gasteiger partial charge in [-0.1, -0.05) is 35.9 Å². The summed E-state index contributed by atoms with van der Waals surface area (Å²) >= 11 is 0. The molecule has 0 aliphatic rings. The summed E-state index contributed by atoms with van der Waals surface area (Å²) in [5.74, 6) is 0. The van der Waals surface area contributed by atoms with Gasteiger partial charge < -0.3 is 0 Å². The number of rotatable bonds is 1. The Kier molecular flexibility index (Phi) is 3.97. The molecule has 68 valence electrons. The van der Waals surface area contributed by atoms with Gasteiger partial charge in [0.1, 0.15) is 0 Å². The van der Waals surface area contributed by atoms with Crippen LogP contribution in [0.25, 0.3) is 11.1 Å². The maximum absolute atomic E-state index is 3.18. The van der Waals surface area contributed by atoms with Crippen molar-refractivity contribution >= 4 is 0 Å². The first kappa shape index (κ1) is 10.3. The fraction of sp³-hybridized carbons (Fsp3) is 0. The van der Waals surface area contributed by atoms with Crippen molar-refractivity contribution < 1.29 is 22.4 Å². The van der Waals surface area contributed by atoms with Gasteiger partial charge in [-0.15, -0.1) is 35.9 Å². The van der Waals surface area contributed by atoms with Crippen molar-refractivity contribution in [3.8, 4) is 11.1 Å². The molecule has 2 rings (SSSR count). The van der Waals surface area contributed by atoms with Gasteiger partial charge >= 0.3 is 22.4 Å². The van der Waals surface area contributed by atoms with Crippen LogP contribution in [0.2, 0.25) is 0 Å². The average Bonchev–Trinajstić information content (AvgIpc) is 2.21. The summed E-state index contributed by atoms with van der Waals surface area (Å²) in [6.45, 7) is 0. The Morgan fingerprint density at radius 2 is 1.46 bits per heavy atom. The number of benzene rings is 2. The summed E-state index contributed by atoms with van der Waals surface area (Å²) in [5.41, 5.74) is 2.37. The summed E-state index contributed by atoms with van der Waals surface area (Å²) in [7, 11) is 0. The van der Waals surface area contributed by atoms with E-state index in [1.165, 1.54) is 5.56 Å². The summed E-state index contributed by atoms with van der Waals surface area (Å²) in [4.78, 5) is 0. The molecule has 0 bridgehead atoms. The van der Waals surface area contributed by atoms with E-state index in [1.807, 2.05) is 36.4 Å². The molecule has 0 aliphatic carbocycles. The second-order valence-corrected chi connectivity index (χ2v) is 2.64. The van der Waals surface area contributed by atoms with Crippen molar-refractivity contribution in [3.05, 3.63) is 60.7 Å². The van der Waals surface area contributed by atoms with E-state index in [0.29, 0.717) is 0 Å². The molecule has 0 nitrogen and oxygen atoms in total. The van der Waals surface area contributed by atoms with Crippen LogP contribution in [-0.4, -0.2) is 0 Å². The number of hydrogen-bond acceptors (Lipinski definition) is 0. The van der Waals surface area contributed by atoms with Gasteiger partial charge in [0.2, 0.25) is 0 Å². The monoisotopic (exact) mass is 350 g/mol. The zero-order chi connectivity index (χ0) is 8.23. The van der Waals surface area contributed by atoms with Crippen LogP contribution in [-0.2, 0) is 22.4 Å². The zero-order valence-corrected chi connectivity index (χ0v) is 9.16. The van der Waals surface area contributed by atoms with E-state index in [-0.39, 0.29) is 22.4 Å². The Morgan fingerprint density at radius 1 is 0.769 bits per heavy atom. The van der Waals surface area contributed by atoms with E-state index < -0.39 is 0 Å². The second-order valence-electron chi connectivity index (χ2n) is 2.64. The maximum Gasteiger partial charge on any atom is 1.00 e. The fourth-order valence-corrected chi connectivity index (χ4v) is 1.19. The van der Waals surface area contributed by atoms with Crippen LogP contribution in [0.15, 0.2) is 54.6 Å². The first-order valence-corrected chi connectivity index (χ1v) is 3.99. The number of hydrogen-bond donors (Lipinski definition) is 0. The van der Waals surface area contributed by atoms with Crippen molar-refractivity contribution in [2.75, 3.05) is 0 Å². The summed E-state index contributed by atoms with van der Waals surface area (Å²) in [6.07, 6.45) is 0. The van der Waals surface area contributed by atoms with Gasteiger partial charge in [-0.25, -0.2) is 0 Å². The molecule has 0 amide bonds. The Balaban J connectivity index is 0.000000845. The molecule has 0 unspecified atom stereocenters. The van der Waals surface area contributed by atoms with Gasteiger partial charge in [0.25, 0.3) is 0 Å². The van der Waals surface area contributed by atoms with Crippen LogP contribution in [0.5, 0.6) is 0 Å². The molecule has 0 saturated carbocycles. The van der Waals surface area contributed by atoms with E-state index in [0.717, 1.165) is 5.56 Å². The van der Waals surface area contributed by atoms with E-state index >= 15 is 0 Å². The second kappa shape index (κ2) is 5.03. The Morgan fingerprint density at radius 3 is 2.08 bits per heavy atom. The van der Waals surface area contributed by atoms with Crippen molar-refractivity contribution in [3.63, 3.8) is 0 Å². The quantitative estimate of drug-likeness (QED) is 0.548. The van der Waals surface area contributed by atoms with Crippen molar-refractivity contribution in [1.82, 2.24) is 0 Å². The smallest absolute Gasteiger partial charge is 0.147 e. The van der Waals surface area contributed by atoms with Gasteiger partial charge in [-0.05, 0) is 0 Å². The molecule has 0 radical (unpaired) electrons. The zero-order valence-electron chi connectivity index (χ0n) is 7.00. The summed E-state index contributed by atoms with van der Waals surface area (Å²) < 4.78 is 0. The molecule has 0 atom stereocenters. The van der Waals surface area contributed by atoms with Crippen LogP contribution in [0.3, 0.4) is 0 Å². The van der Waals surface area contributed by atoms with Gasteiger partial charge in [-0.2, -0.15) is 0 Å². The van der Waals surface area contributed by atoms with E-state index in [1.54, 1.807) is 0 Å². The minimum Gasteiger partial charge on any atom is -0.147 e. The van der Waals surface area contributed by atoms with E-state index in [2.05, 4.69) is 24.3 Å². The third kappa shape index (κ3) is 2.56. The first-order chi connectivity index (χ1) is 5.97. The van der Waals surface area contributed by atoms with Gasteiger partial charge in [0, 0.05) is 0 Å². The standard InChI is InChI=1S/C12H9.Au/c1-3-7-11(8-4-1)12-9-5-2-6-10-12;/h1-9H;/q-1;+1. The van der Waals surface area contributed by atoms with E-state index in [9.17, 15) is 0 Å². The normalized spacial score (nSPS) is 8.92. The summed E-state index contributed by atoms with van der Waals surface area (Å²) in [5, 5.41) is 0. The van der Waals surface area contributed by atoms with Crippen molar-refractivity contribution in [1.29, 1.82) is 0 Å². The van der Waals surface area contributed by atoms with Crippen LogP contribution >= 0.6 is 0 Å². The maximum atomic E-state index is 3.18. The molecule has 1 heteroatoms. The first-order valence-electron chi connectivity index (χ1n) is 3.99. The molecule has 2 aromatic carbocycles. The predicted octanol–water partition coefficient (Wildman–Crippen LogP) is 3.15. The molecule has 0 saturated heterocycles. The topological polar surface area (TPSA) is 0 Å². The van der Waals surface area contributed by atoms with Crippen LogP contribution in [0, 0.1) is 6.07 Å². The SMILES string of the molecule is [Au+].[c-]1ccccc1-c1ccccc1.